The van der Waals surface area contributed by atoms with Crippen LogP contribution in [-0.2, 0) is 15.9 Å². The minimum absolute atomic E-state index is 0.0706. The maximum Gasteiger partial charge on any atom is 0.196 e. The summed E-state index contributed by atoms with van der Waals surface area (Å²) in [5, 5.41) is 50.3. The summed E-state index contributed by atoms with van der Waals surface area (Å²) < 4.78 is 22.8. The van der Waals surface area contributed by atoms with Gasteiger partial charge in [0.1, 0.15) is 64.3 Å². The number of aliphatic hydroxyl groups excluding tert-OH is 4. The summed E-state index contributed by atoms with van der Waals surface area (Å²) in [4.78, 5) is 12.3. The molecular formula is C21H26O10. The molecular weight excluding hydrogens is 412 g/mol. The van der Waals surface area contributed by atoms with Gasteiger partial charge in [-0.25, -0.2) is 0 Å². The fourth-order valence-electron chi connectivity index (χ4n) is 4.05. The number of aryl methyl sites for hydroxylation is 1. The minimum atomic E-state index is -1.57. The molecule has 31 heavy (non-hydrogen) atoms. The third-order valence-electron chi connectivity index (χ3n) is 5.88. The molecule has 6 atom stereocenters. The summed E-state index contributed by atoms with van der Waals surface area (Å²) in [6.07, 6.45) is -7.49. The number of aliphatic hydroxyl groups is 4. The van der Waals surface area contributed by atoms with Gasteiger partial charge in [-0.05, 0) is 20.8 Å². The third-order valence-corrected chi connectivity index (χ3v) is 5.88. The van der Waals surface area contributed by atoms with E-state index < -0.39 is 49.0 Å². The lowest BCUT2D eigenvalue weighted by Crippen LogP contribution is -2.61. The molecule has 2 aliphatic heterocycles. The molecule has 1 saturated heterocycles. The smallest absolute Gasteiger partial charge is 0.196 e. The normalized spacial score (nSPS) is 30.9. The van der Waals surface area contributed by atoms with Crippen molar-refractivity contribution in [3.05, 3.63) is 33.7 Å². The van der Waals surface area contributed by atoms with Crippen LogP contribution in [0.2, 0.25) is 0 Å². The Hall–Kier alpha value is -2.21. The van der Waals surface area contributed by atoms with Crippen LogP contribution in [0.25, 0.3) is 11.0 Å². The van der Waals surface area contributed by atoms with Gasteiger partial charge in [-0.3, -0.25) is 4.79 Å². The summed E-state index contributed by atoms with van der Waals surface area (Å²) >= 11 is 0. The Morgan fingerprint density at radius 2 is 1.87 bits per heavy atom. The summed E-state index contributed by atoms with van der Waals surface area (Å²) in [7, 11) is 0. The van der Waals surface area contributed by atoms with E-state index in [2.05, 4.69) is 0 Å². The molecule has 0 bridgehead atoms. The first-order valence-corrected chi connectivity index (χ1v) is 9.97. The van der Waals surface area contributed by atoms with Crippen LogP contribution in [0.3, 0.4) is 0 Å². The Morgan fingerprint density at radius 1 is 1.16 bits per heavy atom. The molecule has 1 fully saturated rings. The maximum atomic E-state index is 12.3. The van der Waals surface area contributed by atoms with Crippen LogP contribution in [-0.4, -0.2) is 74.6 Å². The lowest BCUT2D eigenvalue weighted by atomic mass is 9.94. The number of hydrogen-bond donors (Lipinski definition) is 5. The van der Waals surface area contributed by atoms with Gasteiger partial charge in [0.05, 0.1) is 6.61 Å². The van der Waals surface area contributed by atoms with Crippen LogP contribution in [0.15, 0.2) is 21.3 Å². The second-order valence-corrected chi connectivity index (χ2v) is 8.53. The number of benzene rings is 1. The topological polar surface area (TPSA) is 159 Å². The first-order chi connectivity index (χ1) is 14.5. The number of phenols is 1. The van der Waals surface area contributed by atoms with Gasteiger partial charge < -0.3 is 44.2 Å². The van der Waals surface area contributed by atoms with Crippen LogP contribution in [0.4, 0.5) is 0 Å². The van der Waals surface area contributed by atoms with E-state index in [4.69, 9.17) is 18.6 Å². The monoisotopic (exact) mass is 438 g/mol. The predicted octanol–water partition coefficient (Wildman–Crippen LogP) is -0.294. The van der Waals surface area contributed by atoms with Crippen molar-refractivity contribution in [3.8, 4) is 11.5 Å². The van der Waals surface area contributed by atoms with Gasteiger partial charge >= 0.3 is 0 Å². The van der Waals surface area contributed by atoms with E-state index in [1.165, 1.54) is 6.07 Å². The van der Waals surface area contributed by atoms with Crippen molar-refractivity contribution in [1.29, 1.82) is 0 Å². The second kappa shape index (κ2) is 7.73. The van der Waals surface area contributed by atoms with Gasteiger partial charge in [0, 0.05) is 24.1 Å². The van der Waals surface area contributed by atoms with Gasteiger partial charge in [0.25, 0.3) is 0 Å². The van der Waals surface area contributed by atoms with E-state index in [1.807, 2.05) is 0 Å². The Morgan fingerprint density at radius 3 is 2.55 bits per heavy atom. The quantitative estimate of drug-likeness (QED) is 0.429. The second-order valence-electron chi connectivity index (χ2n) is 8.53. The number of phenolic OH excluding ortho intramolecular Hbond substituents is 1. The minimum Gasteiger partial charge on any atom is -0.507 e. The molecule has 5 N–H and O–H groups in total. The standard InChI is InChI=1S/C21H26O10/c1-8-4-10(23)15-12(28-8)6-11-9(16(15)24)5-14(29-11)21(2,3)31-20-19(27)18(26)17(25)13(7-22)30-20/h4,6,13-14,17-20,22,24-27H,5,7H2,1-3H3/t13-,14-,17+,18+,19-,20-/m0/s1. The van der Waals surface area contributed by atoms with Gasteiger partial charge in [0.15, 0.2) is 11.7 Å². The average Bonchev–Trinajstić information content (AvgIpc) is 3.13. The molecule has 0 radical (unpaired) electrons. The highest BCUT2D eigenvalue weighted by atomic mass is 16.7. The van der Waals surface area contributed by atoms with Crippen LogP contribution in [0.1, 0.15) is 25.2 Å². The number of aromatic hydroxyl groups is 1. The molecule has 2 aromatic rings. The number of fused-ring (bicyclic) bond motifs is 2. The third kappa shape index (κ3) is 3.69. The Balaban J connectivity index is 1.59. The molecule has 0 amide bonds. The van der Waals surface area contributed by atoms with Crippen molar-refractivity contribution in [1.82, 2.24) is 0 Å². The highest BCUT2D eigenvalue weighted by Gasteiger charge is 2.48. The molecule has 0 spiro atoms. The van der Waals surface area contributed by atoms with Crippen molar-refractivity contribution in [3.63, 3.8) is 0 Å². The number of hydrogen-bond acceptors (Lipinski definition) is 10. The van der Waals surface area contributed by atoms with Crippen molar-refractivity contribution in [2.75, 3.05) is 6.61 Å². The first-order valence-electron chi connectivity index (χ1n) is 9.97. The fraction of sp³-hybridized carbons (Fsp3) is 0.571. The first kappa shape index (κ1) is 22.0. The van der Waals surface area contributed by atoms with Gasteiger partial charge in [0.2, 0.25) is 0 Å². The number of rotatable bonds is 4. The van der Waals surface area contributed by atoms with Crippen LogP contribution >= 0.6 is 0 Å². The molecule has 10 nitrogen and oxygen atoms in total. The SMILES string of the molecule is Cc1cc(=O)c2c(O)c3c(cc2o1)O[C@H](C(C)(C)O[C@@H]1O[C@@H](CO)[C@@H](O)[C@@H](O)[C@@H]1O)C3. The van der Waals surface area contributed by atoms with E-state index in [-0.39, 0.29) is 28.6 Å². The maximum absolute atomic E-state index is 12.3. The van der Waals surface area contributed by atoms with E-state index in [1.54, 1.807) is 26.8 Å². The highest BCUT2D eigenvalue weighted by Crippen LogP contribution is 2.43. The van der Waals surface area contributed by atoms with Crippen LogP contribution in [0, 0.1) is 6.92 Å². The molecule has 170 valence electrons. The van der Waals surface area contributed by atoms with Crippen molar-refractivity contribution in [2.45, 2.75) is 69.6 Å². The lowest BCUT2D eigenvalue weighted by Gasteiger charge is -2.43. The molecule has 1 aromatic heterocycles. The molecule has 10 heteroatoms. The molecule has 0 aliphatic carbocycles. The van der Waals surface area contributed by atoms with Crippen LogP contribution in [0.5, 0.6) is 11.5 Å². The molecule has 1 aromatic carbocycles. The Bertz CT molecular complexity index is 1040. The van der Waals surface area contributed by atoms with E-state index in [0.717, 1.165) is 0 Å². The fourth-order valence-corrected chi connectivity index (χ4v) is 4.05. The van der Waals surface area contributed by atoms with Crippen molar-refractivity contribution in [2.24, 2.45) is 0 Å². The van der Waals surface area contributed by atoms with Gasteiger partial charge in [-0.15, -0.1) is 0 Å². The number of ether oxygens (including phenoxy) is 3. The highest BCUT2D eigenvalue weighted by molar-refractivity contribution is 5.87. The summed E-state index contributed by atoms with van der Waals surface area (Å²) in [6.45, 7) is 4.41. The van der Waals surface area contributed by atoms with Crippen LogP contribution < -0.4 is 10.2 Å². The Kier molecular flexibility index (Phi) is 5.49. The van der Waals surface area contributed by atoms with Crippen molar-refractivity contribution >= 4 is 11.0 Å². The zero-order chi connectivity index (χ0) is 22.7. The van der Waals surface area contributed by atoms with Gasteiger partial charge in [-0.2, -0.15) is 0 Å². The molecule has 2 aliphatic rings. The molecule has 0 unspecified atom stereocenters. The molecule has 3 heterocycles. The summed E-state index contributed by atoms with van der Waals surface area (Å²) in [5.41, 5.74) is -0.827. The van der Waals surface area contributed by atoms with E-state index >= 15 is 0 Å². The Labute approximate surface area is 177 Å². The predicted molar refractivity (Wildman–Crippen MR) is 106 cm³/mol. The summed E-state index contributed by atoms with van der Waals surface area (Å²) in [6, 6.07) is 2.84. The van der Waals surface area contributed by atoms with Crippen molar-refractivity contribution < 1.29 is 44.2 Å². The van der Waals surface area contributed by atoms with E-state index in [9.17, 15) is 30.3 Å². The van der Waals surface area contributed by atoms with Gasteiger partial charge in [-0.1, -0.05) is 0 Å². The molecule has 0 saturated carbocycles. The molecule has 4 rings (SSSR count). The van der Waals surface area contributed by atoms with E-state index in [0.29, 0.717) is 17.1 Å². The lowest BCUT2D eigenvalue weighted by molar-refractivity contribution is -0.329. The average molecular weight is 438 g/mol. The largest absolute Gasteiger partial charge is 0.507 e. The zero-order valence-electron chi connectivity index (χ0n) is 17.3. The zero-order valence-corrected chi connectivity index (χ0v) is 17.3. The summed E-state index contributed by atoms with van der Waals surface area (Å²) in [5.74, 6) is 0.527.